The molecular formula is C30H27N7O7S2. The first-order valence-electron chi connectivity index (χ1n) is 13.4. The number of nitrogens with zero attached hydrogens (tertiary/aromatic N) is 6. The molecule has 0 aliphatic rings. The van der Waals surface area contributed by atoms with E-state index in [0.717, 1.165) is 12.1 Å². The highest BCUT2D eigenvalue weighted by atomic mass is 32.2. The fourth-order valence-corrected chi connectivity index (χ4v) is 5.56. The van der Waals surface area contributed by atoms with Crippen molar-refractivity contribution in [2.24, 2.45) is 20.5 Å². The number of aromatic hydroxyl groups is 1. The summed E-state index contributed by atoms with van der Waals surface area (Å²) in [4.78, 5) is 3.72. The summed E-state index contributed by atoms with van der Waals surface area (Å²) in [5.41, 5.74) is 9.10. The van der Waals surface area contributed by atoms with Gasteiger partial charge in [-0.1, -0.05) is 11.2 Å². The lowest BCUT2D eigenvalue weighted by atomic mass is 9.99. The lowest BCUT2D eigenvalue weighted by Gasteiger charge is -2.13. The quantitative estimate of drug-likeness (QED) is 0.0582. The fraction of sp³-hybridized carbons (Fsp3) is 0.133. The molecule has 0 radical (unpaired) electrons. The van der Waals surface area contributed by atoms with Crippen LogP contribution in [0, 0.1) is 20.8 Å². The van der Waals surface area contributed by atoms with Crippen molar-refractivity contribution in [1.82, 2.24) is 10.1 Å². The average molecular weight is 662 g/mol. The number of aryl methyl sites for hydroxylation is 3. The average Bonchev–Trinajstić information content (AvgIpc) is 3.43. The normalized spacial score (nSPS) is 12.7. The number of hydrogen-bond acceptors (Lipinski definition) is 13. The monoisotopic (exact) mass is 661 g/mol. The number of phenols is 1. The summed E-state index contributed by atoms with van der Waals surface area (Å²) in [6, 6.07) is 13.7. The second-order valence-corrected chi connectivity index (χ2v) is 12.5. The van der Waals surface area contributed by atoms with Gasteiger partial charge >= 0.3 is 0 Å². The Balaban J connectivity index is 1.52. The van der Waals surface area contributed by atoms with Crippen molar-refractivity contribution in [2.75, 3.05) is 11.5 Å². The molecule has 4 aromatic carbocycles. The van der Waals surface area contributed by atoms with E-state index in [1.54, 1.807) is 44.2 Å². The molecule has 46 heavy (non-hydrogen) atoms. The minimum Gasteiger partial charge on any atom is -0.505 e. The molecule has 0 saturated heterocycles. The number of rotatable bonds is 10. The molecule has 5 rings (SSSR count). The van der Waals surface area contributed by atoms with Crippen LogP contribution in [0.3, 0.4) is 0 Å². The minimum atomic E-state index is -4.54. The molecule has 4 N–H and O–H groups in total. The maximum absolute atomic E-state index is 11.8. The van der Waals surface area contributed by atoms with Crippen molar-refractivity contribution < 1.29 is 31.0 Å². The van der Waals surface area contributed by atoms with E-state index in [4.69, 9.17) is 14.4 Å². The second-order valence-electron chi connectivity index (χ2n) is 9.98. The zero-order valence-electron chi connectivity index (χ0n) is 24.7. The van der Waals surface area contributed by atoms with Crippen molar-refractivity contribution in [3.8, 4) is 23.0 Å². The van der Waals surface area contributed by atoms with Gasteiger partial charge in [-0.2, -0.15) is 18.5 Å². The van der Waals surface area contributed by atoms with Gasteiger partial charge in [-0.3, -0.25) is 4.55 Å². The summed E-state index contributed by atoms with van der Waals surface area (Å²) in [7, 11) is -4.54. The van der Waals surface area contributed by atoms with Gasteiger partial charge < -0.3 is 19.5 Å². The van der Waals surface area contributed by atoms with Crippen LogP contribution in [0.5, 0.6) is 11.5 Å². The highest BCUT2D eigenvalue weighted by Gasteiger charge is 2.20. The Morgan fingerprint density at radius 3 is 2.30 bits per heavy atom. The van der Waals surface area contributed by atoms with Gasteiger partial charge in [-0.05, 0) is 91.9 Å². The van der Waals surface area contributed by atoms with E-state index in [1.807, 2.05) is 13.0 Å². The Hall–Kier alpha value is -5.32. The number of aromatic nitrogens is 2. The molecule has 1 heterocycles. The first kappa shape index (κ1) is 32.1. The van der Waals surface area contributed by atoms with Gasteiger partial charge in [0.1, 0.15) is 17.1 Å². The van der Waals surface area contributed by atoms with E-state index in [-0.39, 0.29) is 45.4 Å². The van der Waals surface area contributed by atoms with Gasteiger partial charge in [0.25, 0.3) is 16.0 Å². The zero-order chi connectivity index (χ0) is 33.2. The molecule has 0 amide bonds. The molecule has 5 aromatic rings. The SMILES string of the molecule is C=CCS(=O)Oc1ccc(N=Nc2c(C)cc3cc(C)c(N=Nc4ccc(S(=O)(=O)O)cc4-c4nc(C)no4)c(O)c3c2N)cc1. The molecule has 236 valence electrons. The highest BCUT2D eigenvalue weighted by Crippen LogP contribution is 2.46. The van der Waals surface area contributed by atoms with Crippen molar-refractivity contribution in [3.63, 3.8) is 0 Å². The first-order chi connectivity index (χ1) is 21.8. The second kappa shape index (κ2) is 13.0. The summed E-state index contributed by atoms with van der Waals surface area (Å²) in [6.07, 6.45) is 1.50. The van der Waals surface area contributed by atoms with Gasteiger partial charge in [0, 0.05) is 0 Å². The van der Waals surface area contributed by atoms with Crippen LogP contribution < -0.4 is 9.92 Å². The van der Waals surface area contributed by atoms with Crippen LogP contribution in [0.15, 0.2) is 97.1 Å². The maximum atomic E-state index is 11.8. The number of nitrogens with two attached hydrogens (primary N) is 1. The molecule has 16 heteroatoms. The zero-order valence-corrected chi connectivity index (χ0v) is 26.3. The predicted molar refractivity (Wildman–Crippen MR) is 172 cm³/mol. The van der Waals surface area contributed by atoms with Gasteiger partial charge in [-0.25, -0.2) is 4.21 Å². The standard InChI is InChI=1S/C30H27N7O7S2/c1-5-12-45(39)44-21-8-6-20(7-9-21)33-35-27-16(2)13-19-14-17(3)28(29(38)25(19)26(27)31)36-34-24-11-10-22(46(40,41)42)15-23(24)30-32-18(4)37-43-30/h5-11,13-15,38H,1,12,31H2,2-4H3,(H,40,41,42). The lowest BCUT2D eigenvalue weighted by molar-refractivity contribution is 0.425. The summed E-state index contributed by atoms with van der Waals surface area (Å²) in [6.45, 7) is 8.66. The van der Waals surface area contributed by atoms with Crippen LogP contribution in [-0.2, 0) is 21.2 Å². The Labute approximate surface area is 265 Å². The maximum Gasteiger partial charge on any atom is 0.294 e. The van der Waals surface area contributed by atoms with Crippen molar-refractivity contribution in [3.05, 3.63) is 84.2 Å². The molecule has 1 unspecified atom stereocenters. The largest absolute Gasteiger partial charge is 0.505 e. The minimum absolute atomic E-state index is 0.0454. The molecule has 0 bridgehead atoms. The molecular weight excluding hydrogens is 635 g/mol. The van der Waals surface area contributed by atoms with E-state index in [9.17, 15) is 22.3 Å². The van der Waals surface area contributed by atoms with E-state index in [2.05, 4.69) is 37.2 Å². The molecule has 14 nitrogen and oxygen atoms in total. The summed E-state index contributed by atoms with van der Waals surface area (Å²) in [5, 5.41) is 33.1. The fourth-order valence-electron chi connectivity index (χ4n) is 4.46. The van der Waals surface area contributed by atoms with Gasteiger partial charge in [0.2, 0.25) is 11.1 Å². The van der Waals surface area contributed by atoms with E-state index in [0.29, 0.717) is 39.5 Å². The summed E-state index contributed by atoms with van der Waals surface area (Å²) >= 11 is -1.53. The number of anilines is 1. The molecule has 1 atom stereocenters. The predicted octanol–water partition coefficient (Wildman–Crippen LogP) is 7.41. The van der Waals surface area contributed by atoms with Gasteiger partial charge in [0.05, 0.1) is 38.7 Å². The first-order valence-corrected chi connectivity index (χ1v) is 16.1. The van der Waals surface area contributed by atoms with Crippen molar-refractivity contribution >= 4 is 60.4 Å². The lowest BCUT2D eigenvalue weighted by Crippen LogP contribution is -2.02. The highest BCUT2D eigenvalue weighted by molar-refractivity contribution is 7.85. The van der Waals surface area contributed by atoms with Crippen LogP contribution in [0.1, 0.15) is 17.0 Å². The van der Waals surface area contributed by atoms with E-state index < -0.39 is 26.1 Å². The molecule has 0 saturated carbocycles. The molecule has 0 spiro atoms. The number of hydrogen-bond donors (Lipinski definition) is 3. The summed E-state index contributed by atoms with van der Waals surface area (Å²) in [5.74, 6) is 0.584. The summed E-state index contributed by atoms with van der Waals surface area (Å²) < 4.78 is 55.4. The Kier molecular flexibility index (Phi) is 9.04. The van der Waals surface area contributed by atoms with Crippen molar-refractivity contribution in [2.45, 2.75) is 25.7 Å². The number of fused-ring (bicyclic) bond motifs is 1. The van der Waals surface area contributed by atoms with Crippen LogP contribution in [0.4, 0.5) is 28.4 Å². The molecule has 0 fully saturated rings. The Bertz CT molecular complexity index is 2180. The van der Waals surface area contributed by atoms with Crippen LogP contribution >= 0.6 is 0 Å². The smallest absolute Gasteiger partial charge is 0.294 e. The molecule has 0 aliphatic heterocycles. The number of nitrogen functional groups attached to an aromatic ring is 1. The Morgan fingerprint density at radius 2 is 1.67 bits per heavy atom. The number of benzene rings is 4. The third-order valence-electron chi connectivity index (χ3n) is 6.59. The van der Waals surface area contributed by atoms with Crippen LogP contribution in [-0.4, -0.2) is 38.2 Å². The van der Waals surface area contributed by atoms with Crippen LogP contribution in [0.25, 0.3) is 22.2 Å². The topological polar surface area (TPSA) is 215 Å². The number of phenolic OH excluding ortho intramolecular Hbond substituents is 1. The molecule has 1 aromatic heterocycles. The van der Waals surface area contributed by atoms with Gasteiger partial charge in [-0.15, -0.1) is 21.9 Å². The third kappa shape index (κ3) is 6.83. The van der Waals surface area contributed by atoms with E-state index in [1.165, 1.54) is 12.1 Å². The molecule has 0 aliphatic carbocycles. The third-order valence-corrected chi connectivity index (χ3v) is 8.33. The van der Waals surface area contributed by atoms with Gasteiger partial charge in [0.15, 0.2) is 11.6 Å². The Morgan fingerprint density at radius 1 is 1.00 bits per heavy atom. The van der Waals surface area contributed by atoms with Crippen molar-refractivity contribution in [1.29, 1.82) is 0 Å². The number of azo groups is 2. The van der Waals surface area contributed by atoms with E-state index >= 15 is 0 Å². The van der Waals surface area contributed by atoms with Crippen LogP contribution in [0.2, 0.25) is 0 Å².